The molecular formula is C11H19ClN2. The van der Waals surface area contributed by atoms with E-state index in [1.54, 1.807) is 0 Å². The Morgan fingerprint density at radius 3 is 2.93 bits per heavy atom. The molecule has 2 fully saturated rings. The van der Waals surface area contributed by atoms with Gasteiger partial charge in [0.1, 0.15) is 0 Å². The van der Waals surface area contributed by atoms with Gasteiger partial charge in [0.2, 0.25) is 0 Å². The molecule has 1 unspecified atom stereocenters. The third kappa shape index (κ3) is 2.30. The van der Waals surface area contributed by atoms with Crippen LogP contribution in [0.2, 0.25) is 0 Å². The quantitative estimate of drug-likeness (QED) is 0.771. The van der Waals surface area contributed by atoms with Crippen molar-refractivity contribution in [2.75, 3.05) is 26.2 Å². The average Bonchev–Trinajstić information content (AvgIpc) is 2.84. The minimum Gasteiger partial charge on any atom is -0.309 e. The lowest BCUT2D eigenvalue weighted by molar-refractivity contribution is 0.138. The van der Waals surface area contributed by atoms with Gasteiger partial charge in [-0.3, -0.25) is 4.90 Å². The second-order valence-electron chi connectivity index (χ2n) is 4.85. The van der Waals surface area contributed by atoms with E-state index in [2.05, 4.69) is 23.7 Å². The molecule has 2 aliphatic rings. The highest BCUT2D eigenvalue weighted by atomic mass is 35.5. The maximum absolute atomic E-state index is 5.84. The lowest BCUT2D eigenvalue weighted by Gasteiger charge is -2.41. The Labute approximate surface area is 91.3 Å². The molecule has 0 radical (unpaired) electrons. The van der Waals surface area contributed by atoms with Crippen LogP contribution in [0.15, 0.2) is 11.6 Å². The van der Waals surface area contributed by atoms with Crippen LogP contribution in [0, 0.1) is 5.92 Å². The smallest absolute Gasteiger partial charge is 0.0336 e. The molecule has 1 heterocycles. The first kappa shape index (κ1) is 10.5. The summed E-state index contributed by atoms with van der Waals surface area (Å²) in [5.74, 6) is 0.883. The van der Waals surface area contributed by atoms with E-state index in [1.165, 1.54) is 12.8 Å². The molecule has 0 spiro atoms. The van der Waals surface area contributed by atoms with E-state index in [1.807, 2.05) is 0 Å². The summed E-state index contributed by atoms with van der Waals surface area (Å²) in [6, 6.07) is 0. The van der Waals surface area contributed by atoms with E-state index < -0.39 is 0 Å². The SMILES string of the molecule is C=C(Cl)CN1CCNC(C)(C2CC2)C1. The highest BCUT2D eigenvalue weighted by Crippen LogP contribution is 2.40. The topological polar surface area (TPSA) is 15.3 Å². The van der Waals surface area contributed by atoms with Crippen LogP contribution < -0.4 is 5.32 Å². The number of piperazine rings is 1. The Morgan fingerprint density at radius 1 is 1.64 bits per heavy atom. The van der Waals surface area contributed by atoms with Crippen LogP contribution in [-0.4, -0.2) is 36.6 Å². The highest BCUT2D eigenvalue weighted by Gasteiger charge is 2.43. The third-order valence-electron chi connectivity index (χ3n) is 3.38. The van der Waals surface area contributed by atoms with Gasteiger partial charge in [0.15, 0.2) is 0 Å². The molecular weight excluding hydrogens is 196 g/mol. The summed E-state index contributed by atoms with van der Waals surface area (Å²) >= 11 is 5.84. The Bertz CT molecular complexity index is 237. The monoisotopic (exact) mass is 214 g/mol. The summed E-state index contributed by atoms with van der Waals surface area (Å²) in [7, 11) is 0. The zero-order valence-corrected chi connectivity index (χ0v) is 9.61. The third-order valence-corrected chi connectivity index (χ3v) is 3.50. The molecule has 0 amide bonds. The minimum atomic E-state index is 0.324. The summed E-state index contributed by atoms with van der Waals surface area (Å²) in [6.45, 7) is 10.2. The number of rotatable bonds is 3. The average molecular weight is 215 g/mol. The lowest BCUT2D eigenvalue weighted by Crippen LogP contribution is -2.60. The van der Waals surface area contributed by atoms with Crippen molar-refractivity contribution in [3.05, 3.63) is 11.6 Å². The molecule has 1 N–H and O–H groups in total. The van der Waals surface area contributed by atoms with Gasteiger partial charge in [-0.15, -0.1) is 0 Å². The van der Waals surface area contributed by atoms with Crippen LogP contribution in [-0.2, 0) is 0 Å². The molecule has 80 valence electrons. The molecule has 0 aromatic carbocycles. The van der Waals surface area contributed by atoms with E-state index in [-0.39, 0.29) is 0 Å². The number of nitrogens with one attached hydrogen (secondary N) is 1. The maximum Gasteiger partial charge on any atom is 0.0336 e. The van der Waals surface area contributed by atoms with Crippen LogP contribution in [0.25, 0.3) is 0 Å². The molecule has 1 saturated carbocycles. The van der Waals surface area contributed by atoms with E-state index >= 15 is 0 Å². The van der Waals surface area contributed by atoms with E-state index in [0.717, 1.165) is 37.1 Å². The van der Waals surface area contributed by atoms with Crippen molar-refractivity contribution < 1.29 is 0 Å². The Kier molecular flexibility index (Phi) is 2.87. The van der Waals surface area contributed by atoms with Gasteiger partial charge in [-0.1, -0.05) is 18.2 Å². The minimum absolute atomic E-state index is 0.324. The van der Waals surface area contributed by atoms with Crippen molar-refractivity contribution in [3.8, 4) is 0 Å². The summed E-state index contributed by atoms with van der Waals surface area (Å²) in [4.78, 5) is 2.41. The largest absolute Gasteiger partial charge is 0.309 e. The summed E-state index contributed by atoms with van der Waals surface area (Å²) < 4.78 is 0. The van der Waals surface area contributed by atoms with E-state index in [4.69, 9.17) is 11.6 Å². The van der Waals surface area contributed by atoms with Crippen molar-refractivity contribution in [1.82, 2.24) is 10.2 Å². The predicted octanol–water partition coefficient (Wildman–Crippen LogP) is 1.81. The van der Waals surface area contributed by atoms with E-state index in [0.29, 0.717) is 5.54 Å². The Morgan fingerprint density at radius 2 is 2.36 bits per heavy atom. The molecule has 1 aliphatic carbocycles. The van der Waals surface area contributed by atoms with Crippen molar-refractivity contribution in [3.63, 3.8) is 0 Å². The number of nitrogens with zero attached hydrogens (tertiary/aromatic N) is 1. The summed E-state index contributed by atoms with van der Waals surface area (Å²) in [6.07, 6.45) is 2.78. The van der Waals surface area contributed by atoms with Gasteiger partial charge < -0.3 is 5.32 Å². The first-order chi connectivity index (χ1) is 6.60. The predicted molar refractivity (Wildman–Crippen MR) is 60.6 cm³/mol. The van der Waals surface area contributed by atoms with Gasteiger partial charge in [0.05, 0.1) is 0 Å². The zero-order valence-electron chi connectivity index (χ0n) is 8.85. The van der Waals surface area contributed by atoms with Gasteiger partial charge in [0, 0.05) is 36.8 Å². The molecule has 14 heavy (non-hydrogen) atoms. The highest BCUT2D eigenvalue weighted by molar-refractivity contribution is 6.29. The van der Waals surface area contributed by atoms with Crippen molar-refractivity contribution in [1.29, 1.82) is 0 Å². The van der Waals surface area contributed by atoms with Gasteiger partial charge in [0.25, 0.3) is 0 Å². The zero-order chi connectivity index (χ0) is 10.2. The van der Waals surface area contributed by atoms with Crippen molar-refractivity contribution in [2.24, 2.45) is 5.92 Å². The molecule has 2 nitrogen and oxygen atoms in total. The normalized spacial score (nSPS) is 34.4. The first-order valence-corrected chi connectivity index (χ1v) is 5.79. The summed E-state index contributed by atoms with van der Waals surface area (Å²) in [5.41, 5.74) is 0.324. The van der Waals surface area contributed by atoms with Gasteiger partial charge in [-0.25, -0.2) is 0 Å². The molecule has 2 rings (SSSR count). The van der Waals surface area contributed by atoms with Gasteiger partial charge in [-0.05, 0) is 25.7 Å². The number of hydrogen-bond acceptors (Lipinski definition) is 2. The Balaban J connectivity index is 1.92. The first-order valence-electron chi connectivity index (χ1n) is 5.41. The molecule has 0 aromatic rings. The van der Waals surface area contributed by atoms with Gasteiger partial charge >= 0.3 is 0 Å². The van der Waals surface area contributed by atoms with Crippen LogP contribution >= 0.6 is 11.6 Å². The van der Waals surface area contributed by atoms with Crippen LogP contribution in [0.3, 0.4) is 0 Å². The van der Waals surface area contributed by atoms with Gasteiger partial charge in [-0.2, -0.15) is 0 Å². The maximum atomic E-state index is 5.84. The van der Waals surface area contributed by atoms with Crippen LogP contribution in [0.5, 0.6) is 0 Å². The standard InChI is InChI=1S/C11H19ClN2/c1-9(12)7-14-6-5-13-11(2,8-14)10-3-4-10/h10,13H,1,3-8H2,2H3. The second-order valence-corrected chi connectivity index (χ2v) is 5.38. The Hall–Kier alpha value is -0.0500. The fourth-order valence-corrected chi connectivity index (χ4v) is 2.64. The molecule has 0 bridgehead atoms. The molecule has 1 atom stereocenters. The molecule has 1 saturated heterocycles. The lowest BCUT2D eigenvalue weighted by atomic mass is 9.93. The summed E-state index contributed by atoms with van der Waals surface area (Å²) in [5, 5.41) is 4.40. The molecule has 1 aliphatic heterocycles. The van der Waals surface area contributed by atoms with E-state index in [9.17, 15) is 0 Å². The number of halogens is 1. The second kappa shape index (κ2) is 3.84. The van der Waals surface area contributed by atoms with Crippen LogP contribution in [0.4, 0.5) is 0 Å². The fourth-order valence-electron chi connectivity index (χ4n) is 2.47. The van der Waals surface area contributed by atoms with Crippen LogP contribution in [0.1, 0.15) is 19.8 Å². The van der Waals surface area contributed by atoms with Crippen molar-refractivity contribution in [2.45, 2.75) is 25.3 Å². The fraction of sp³-hybridized carbons (Fsp3) is 0.818. The molecule has 3 heteroatoms. The van der Waals surface area contributed by atoms with Crippen molar-refractivity contribution >= 4 is 11.6 Å². The molecule has 0 aromatic heterocycles. The number of hydrogen-bond donors (Lipinski definition) is 1.